The maximum Gasteiger partial charge on any atom is 0.0215 e. The summed E-state index contributed by atoms with van der Waals surface area (Å²) in [4.78, 5) is 0. The molecule has 3 rings (SSSR count). The minimum atomic E-state index is 0.215. The Morgan fingerprint density at radius 2 is 1.82 bits per heavy atom. The van der Waals surface area contributed by atoms with Crippen LogP contribution in [0.4, 0.5) is 0 Å². The van der Waals surface area contributed by atoms with Gasteiger partial charge >= 0.3 is 0 Å². The van der Waals surface area contributed by atoms with E-state index in [1.54, 1.807) is 0 Å². The molecule has 2 aliphatic rings. The molecule has 0 unspecified atom stereocenters. The molecule has 0 aliphatic heterocycles. The summed E-state index contributed by atoms with van der Waals surface area (Å²) < 4.78 is 0. The first-order valence-corrected chi connectivity index (χ1v) is 9.01. The first-order chi connectivity index (χ1) is 10.4. The topological polar surface area (TPSA) is 24.1 Å². The van der Waals surface area contributed by atoms with Crippen LogP contribution in [0.5, 0.6) is 0 Å². The number of nitrogens with one attached hydrogen (secondary N) is 2. The highest BCUT2D eigenvalue weighted by Crippen LogP contribution is 2.44. The molecule has 0 bridgehead atoms. The molecule has 0 heterocycles. The van der Waals surface area contributed by atoms with Crippen molar-refractivity contribution in [2.75, 3.05) is 0 Å². The van der Waals surface area contributed by atoms with Gasteiger partial charge in [0.05, 0.1) is 0 Å². The summed E-state index contributed by atoms with van der Waals surface area (Å²) in [5.74, 6) is 0.748. The summed E-state index contributed by atoms with van der Waals surface area (Å²) in [5.41, 5.74) is 2.10. The molecule has 0 saturated heterocycles. The Morgan fingerprint density at radius 3 is 2.41 bits per heavy atom. The van der Waals surface area contributed by atoms with Crippen molar-refractivity contribution in [3.63, 3.8) is 0 Å². The van der Waals surface area contributed by atoms with Gasteiger partial charge in [-0.2, -0.15) is 0 Å². The number of benzene rings is 1. The first kappa shape index (κ1) is 16.0. The lowest BCUT2D eigenvalue weighted by atomic mass is 9.68. The lowest BCUT2D eigenvalue weighted by molar-refractivity contribution is 0.0863. The van der Waals surface area contributed by atoms with E-state index in [-0.39, 0.29) is 5.54 Å². The summed E-state index contributed by atoms with van der Waals surface area (Å²) in [6.45, 7) is 9.17. The zero-order valence-corrected chi connectivity index (χ0v) is 14.7. The fourth-order valence-electron chi connectivity index (χ4n) is 4.39. The normalized spacial score (nSPS) is 34.3. The molecule has 0 spiro atoms. The second-order valence-electron chi connectivity index (χ2n) is 8.54. The molecule has 0 amide bonds. The van der Waals surface area contributed by atoms with Crippen LogP contribution in [0, 0.1) is 0 Å². The molecule has 122 valence electrons. The molecule has 22 heavy (non-hydrogen) atoms. The van der Waals surface area contributed by atoms with Crippen LogP contribution in [0.25, 0.3) is 0 Å². The summed E-state index contributed by atoms with van der Waals surface area (Å²) in [6.07, 6.45) is 6.46. The number of hydrogen-bond acceptors (Lipinski definition) is 2. The van der Waals surface area contributed by atoms with Gasteiger partial charge in [0.1, 0.15) is 0 Å². The van der Waals surface area contributed by atoms with Crippen molar-refractivity contribution in [1.82, 2.24) is 10.6 Å². The molecule has 2 aliphatic carbocycles. The van der Waals surface area contributed by atoms with Crippen LogP contribution in [0.1, 0.15) is 71.3 Å². The fourth-order valence-corrected chi connectivity index (χ4v) is 4.39. The van der Waals surface area contributed by atoms with Crippen molar-refractivity contribution in [3.8, 4) is 0 Å². The zero-order chi connectivity index (χ0) is 15.8. The van der Waals surface area contributed by atoms with Gasteiger partial charge in [-0.15, -0.1) is 0 Å². The van der Waals surface area contributed by atoms with Crippen LogP contribution < -0.4 is 10.6 Å². The van der Waals surface area contributed by atoms with E-state index in [4.69, 9.17) is 0 Å². The zero-order valence-electron chi connectivity index (χ0n) is 14.7. The molecule has 2 atom stereocenters. The van der Waals surface area contributed by atoms with Crippen molar-refractivity contribution >= 4 is 0 Å². The van der Waals surface area contributed by atoms with Gasteiger partial charge in [0.15, 0.2) is 0 Å². The Hall–Kier alpha value is -0.860. The van der Waals surface area contributed by atoms with Gasteiger partial charge < -0.3 is 10.6 Å². The first-order valence-electron chi connectivity index (χ1n) is 9.01. The molecule has 2 nitrogen and oxygen atoms in total. The minimum Gasteiger partial charge on any atom is -0.310 e. The average Bonchev–Trinajstić information content (AvgIpc) is 3.16. The van der Waals surface area contributed by atoms with Crippen molar-refractivity contribution < 1.29 is 0 Å². The summed E-state index contributed by atoms with van der Waals surface area (Å²) in [6, 6.07) is 12.4. The van der Waals surface area contributed by atoms with E-state index in [1.807, 2.05) is 0 Å². The molecule has 1 aromatic carbocycles. The SMILES string of the molecule is CCC[C@]1(NC(C)(C)C)C[C@H](N[C@@H]2C[C@H]2c2ccccc2)C1. The van der Waals surface area contributed by atoms with Crippen LogP contribution in [0.2, 0.25) is 0 Å². The summed E-state index contributed by atoms with van der Waals surface area (Å²) >= 11 is 0. The molecule has 2 N–H and O–H groups in total. The highest BCUT2D eigenvalue weighted by Gasteiger charge is 2.48. The molecular formula is C20H32N2. The predicted octanol–water partition coefficient (Wildman–Crippen LogP) is 4.22. The third-order valence-corrected chi connectivity index (χ3v) is 5.11. The quantitative estimate of drug-likeness (QED) is 0.822. The second kappa shape index (κ2) is 5.98. The predicted molar refractivity (Wildman–Crippen MR) is 94.3 cm³/mol. The van der Waals surface area contributed by atoms with Gasteiger partial charge in [0.25, 0.3) is 0 Å². The van der Waals surface area contributed by atoms with Crippen LogP contribution >= 0.6 is 0 Å². The van der Waals surface area contributed by atoms with Crippen molar-refractivity contribution in [1.29, 1.82) is 0 Å². The minimum absolute atomic E-state index is 0.215. The van der Waals surface area contributed by atoms with Crippen LogP contribution in [0.3, 0.4) is 0 Å². The Morgan fingerprint density at radius 1 is 1.14 bits per heavy atom. The molecule has 2 heteroatoms. The van der Waals surface area contributed by atoms with E-state index < -0.39 is 0 Å². The van der Waals surface area contributed by atoms with Crippen molar-refractivity contribution in [2.24, 2.45) is 0 Å². The maximum absolute atomic E-state index is 3.90. The van der Waals surface area contributed by atoms with Gasteiger partial charge in [-0.05, 0) is 52.0 Å². The fraction of sp³-hybridized carbons (Fsp3) is 0.700. The van der Waals surface area contributed by atoms with Crippen LogP contribution in [0.15, 0.2) is 30.3 Å². The molecule has 2 fully saturated rings. The Bertz CT molecular complexity index is 482. The number of hydrogen-bond donors (Lipinski definition) is 2. The van der Waals surface area contributed by atoms with Gasteiger partial charge in [0.2, 0.25) is 0 Å². The lowest BCUT2D eigenvalue weighted by Crippen LogP contribution is -2.65. The molecule has 1 aromatic rings. The Kier molecular flexibility index (Phi) is 4.35. The maximum atomic E-state index is 3.90. The van der Waals surface area contributed by atoms with E-state index >= 15 is 0 Å². The smallest absolute Gasteiger partial charge is 0.0215 e. The number of rotatable bonds is 6. The largest absolute Gasteiger partial charge is 0.310 e. The average molecular weight is 300 g/mol. The van der Waals surface area contributed by atoms with Crippen LogP contribution in [-0.2, 0) is 0 Å². The van der Waals surface area contributed by atoms with Gasteiger partial charge in [-0.25, -0.2) is 0 Å². The highest BCUT2D eigenvalue weighted by molar-refractivity contribution is 5.28. The van der Waals surface area contributed by atoms with E-state index in [0.29, 0.717) is 17.6 Å². The van der Waals surface area contributed by atoms with E-state index in [9.17, 15) is 0 Å². The highest BCUT2D eigenvalue weighted by atomic mass is 15.1. The molecule has 0 aromatic heterocycles. The Labute approximate surface area is 136 Å². The van der Waals surface area contributed by atoms with Gasteiger partial charge in [-0.3, -0.25) is 0 Å². The van der Waals surface area contributed by atoms with Crippen LogP contribution in [-0.4, -0.2) is 23.2 Å². The van der Waals surface area contributed by atoms with E-state index in [2.05, 4.69) is 68.7 Å². The third kappa shape index (κ3) is 3.72. The molecule has 2 saturated carbocycles. The van der Waals surface area contributed by atoms with Gasteiger partial charge in [0, 0.05) is 29.1 Å². The van der Waals surface area contributed by atoms with E-state index in [1.165, 1.54) is 37.7 Å². The second-order valence-corrected chi connectivity index (χ2v) is 8.54. The lowest BCUT2D eigenvalue weighted by Gasteiger charge is -2.52. The summed E-state index contributed by atoms with van der Waals surface area (Å²) in [7, 11) is 0. The summed E-state index contributed by atoms with van der Waals surface area (Å²) in [5, 5.41) is 7.79. The van der Waals surface area contributed by atoms with E-state index in [0.717, 1.165) is 5.92 Å². The van der Waals surface area contributed by atoms with Crippen molar-refractivity contribution in [3.05, 3.63) is 35.9 Å². The Balaban J connectivity index is 1.49. The molecular weight excluding hydrogens is 268 g/mol. The van der Waals surface area contributed by atoms with Crippen molar-refractivity contribution in [2.45, 2.75) is 88.9 Å². The molecule has 0 radical (unpaired) electrons. The third-order valence-electron chi connectivity index (χ3n) is 5.11. The monoisotopic (exact) mass is 300 g/mol. The van der Waals surface area contributed by atoms with Gasteiger partial charge in [-0.1, -0.05) is 43.7 Å². The standard InChI is InChI=1S/C20H32N2/c1-5-11-20(22-19(2,3)4)13-16(14-20)21-18-12-17(18)15-9-7-6-8-10-15/h6-10,16-18,21-22H,5,11-14H2,1-4H3/t16-,17-,18+,20-/m0/s1.